The molecule has 0 aliphatic heterocycles. The molecular weight excluding hydrogens is 466 g/mol. The SMILES string of the molecule is COc1ccc(/C=N/N(C(=O)c2cc(OC)c(OC)c(OC)c2)c2nc3ccc(C)cc3s2)cc1. The number of hydrogen-bond donors (Lipinski definition) is 0. The van der Waals surface area contributed by atoms with E-state index in [-0.39, 0.29) is 0 Å². The molecular formula is C26H25N3O5S. The Morgan fingerprint density at radius 1 is 0.914 bits per heavy atom. The van der Waals surface area contributed by atoms with Gasteiger partial charge in [0.1, 0.15) is 5.75 Å². The van der Waals surface area contributed by atoms with Crippen molar-refractivity contribution in [3.63, 3.8) is 0 Å². The van der Waals surface area contributed by atoms with Gasteiger partial charge in [-0.1, -0.05) is 17.4 Å². The molecule has 0 saturated heterocycles. The van der Waals surface area contributed by atoms with Gasteiger partial charge in [-0.15, -0.1) is 0 Å². The standard InChI is InChI=1S/C26H25N3O5S/c1-16-6-11-20-23(12-16)35-26(28-20)29(27-15-17-7-9-19(31-2)10-8-17)25(30)18-13-21(32-3)24(34-5)22(14-18)33-4/h6-15H,1-5H3/b27-15+. The quantitative estimate of drug-likeness (QED) is 0.245. The molecule has 8 nitrogen and oxygen atoms in total. The van der Waals surface area contributed by atoms with Gasteiger partial charge in [-0.25, -0.2) is 4.98 Å². The van der Waals surface area contributed by atoms with Gasteiger partial charge in [-0.3, -0.25) is 4.79 Å². The van der Waals surface area contributed by atoms with Gasteiger partial charge in [-0.05, 0) is 66.6 Å². The Bertz CT molecular complexity index is 1360. The molecule has 4 aromatic rings. The molecule has 180 valence electrons. The van der Waals surface area contributed by atoms with Crippen LogP contribution in [0.5, 0.6) is 23.0 Å². The normalized spacial score (nSPS) is 11.0. The van der Waals surface area contributed by atoms with Crippen molar-refractivity contribution in [1.29, 1.82) is 0 Å². The molecule has 0 radical (unpaired) electrons. The molecule has 1 heterocycles. The van der Waals surface area contributed by atoms with E-state index in [2.05, 4.69) is 10.1 Å². The van der Waals surface area contributed by atoms with E-state index in [1.165, 1.54) is 37.7 Å². The van der Waals surface area contributed by atoms with Crippen LogP contribution in [-0.2, 0) is 0 Å². The number of carbonyl (C=O) groups is 1. The summed E-state index contributed by atoms with van der Waals surface area (Å²) in [7, 11) is 6.12. The van der Waals surface area contributed by atoms with Crippen LogP contribution in [-0.4, -0.2) is 45.5 Å². The Labute approximate surface area is 207 Å². The van der Waals surface area contributed by atoms with Crippen molar-refractivity contribution in [2.24, 2.45) is 5.10 Å². The van der Waals surface area contributed by atoms with E-state index in [1.54, 1.807) is 25.5 Å². The van der Waals surface area contributed by atoms with Gasteiger partial charge in [0.2, 0.25) is 10.9 Å². The van der Waals surface area contributed by atoms with Crippen LogP contribution in [0, 0.1) is 6.92 Å². The van der Waals surface area contributed by atoms with Gasteiger partial charge >= 0.3 is 0 Å². The first-order chi connectivity index (χ1) is 17.0. The van der Waals surface area contributed by atoms with Crippen LogP contribution in [0.15, 0.2) is 59.7 Å². The molecule has 9 heteroatoms. The molecule has 4 rings (SSSR count). The second kappa shape index (κ2) is 10.4. The number of ether oxygens (including phenoxy) is 4. The number of carbonyl (C=O) groups excluding carboxylic acids is 1. The van der Waals surface area contributed by atoms with Crippen molar-refractivity contribution in [2.45, 2.75) is 6.92 Å². The maximum absolute atomic E-state index is 13.8. The maximum atomic E-state index is 13.8. The highest BCUT2D eigenvalue weighted by atomic mass is 32.1. The number of hydrazone groups is 1. The highest BCUT2D eigenvalue weighted by Crippen LogP contribution is 2.39. The molecule has 0 aliphatic rings. The van der Waals surface area contributed by atoms with Crippen molar-refractivity contribution >= 4 is 38.8 Å². The minimum absolute atomic E-state index is 0.307. The van der Waals surface area contributed by atoms with Crippen molar-refractivity contribution in [3.05, 3.63) is 71.3 Å². The van der Waals surface area contributed by atoms with Gasteiger partial charge in [0, 0.05) is 5.56 Å². The smallest absolute Gasteiger partial charge is 0.281 e. The van der Waals surface area contributed by atoms with E-state index in [1.807, 2.05) is 49.4 Å². The van der Waals surface area contributed by atoms with Crippen LogP contribution in [0.4, 0.5) is 5.13 Å². The summed E-state index contributed by atoms with van der Waals surface area (Å²) in [5.74, 6) is 1.47. The van der Waals surface area contributed by atoms with Gasteiger partial charge in [-0.2, -0.15) is 10.1 Å². The average Bonchev–Trinajstić information content (AvgIpc) is 3.30. The van der Waals surface area contributed by atoms with E-state index in [9.17, 15) is 4.79 Å². The number of anilines is 1. The van der Waals surface area contributed by atoms with E-state index in [4.69, 9.17) is 18.9 Å². The van der Waals surface area contributed by atoms with Crippen molar-refractivity contribution < 1.29 is 23.7 Å². The van der Waals surface area contributed by atoms with Crippen molar-refractivity contribution in [1.82, 2.24) is 4.98 Å². The number of amides is 1. The summed E-state index contributed by atoms with van der Waals surface area (Å²) in [6.07, 6.45) is 1.60. The second-order valence-corrected chi connectivity index (χ2v) is 8.53. The van der Waals surface area contributed by atoms with Crippen LogP contribution >= 0.6 is 11.3 Å². The first-order valence-electron chi connectivity index (χ1n) is 10.7. The second-order valence-electron chi connectivity index (χ2n) is 7.52. The Balaban J connectivity index is 1.79. The molecule has 0 fully saturated rings. The first kappa shape index (κ1) is 24.0. The third kappa shape index (κ3) is 5.04. The lowest BCUT2D eigenvalue weighted by Gasteiger charge is -2.17. The number of benzene rings is 3. The zero-order valence-corrected chi connectivity index (χ0v) is 20.9. The number of methoxy groups -OCH3 is 4. The first-order valence-corrected chi connectivity index (χ1v) is 11.5. The fraction of sp³-hybridized carbons (Fsp3) is 0.192. The van der Waals surface area contributed by atoms with Gasteiger partial charge < -0.3 is 18.9 Å². The molecule has 0 saturated carbocycles. The number of rotatable bonds is 8. The third-order valence-corrected chi connectivity index (χ3v) is 6.25. The largest absolute Gasteiger partial charge is 0.497 e. The van der Waals surface area contributed by atoms with Crippen LogP contribution in [0.3, 0.4) is 0 Å². The molecule has 0 atom stereocenters. The van der Waals surface area contributed by atoms with E-state index in [0.29, 0.717) is 27.9 Å². The molecule has 0 bridgehead atoms. The molecule has 1 amide bonds. The van der Waals surface area contributed by atoms with Gasteiger partial charge in [0.05, 0.1) is 44.9 Å². The summed E-state index contributed by atoms with van der Waals surface area (Å²) in [5.41, 5.74) is 3.00. The minimum Gasteiger partial charge on any atom is -0.497 e. The topological polar surface area (TPSA) is 82.5 Å². The van der Waals surface area contributed by atoms with Crippen LogP contribution in [0.1, 0.15) is 21.5 Å². The highest BCUT2D eigenvalue weighted by molar-refractivity contribution is 7.22. The van der Waals surface area contributed by atoms with E-state index >= 15 is 0 Å². The lowest BCUT2D eigenvalue weighted by Crippen LogP contribution is -2.25. The zero-order chi connectivity index (χ0) is 24.9. The number of hydrogen-bond acceptors (Lipinski definition) is 8. The summed E-state index contributed by atoms with van der Waals surface area (Å²) in [6.45, 7) is 2.01. The van der Waals surface area contributed by atoms with Gasteiger partial charge in [0.15, 0.2) is 11.5 Å². The summed E-state index contributed by atoms with van der Waals surface area (Å²) in [4.78, 5) is 18.4. The Morgan fingerprint density at radius 3 is 2.20 bits per heavy atom. The fourth-order valence-electron chi connectivity index (χ4n) is 3.44. The molecule has 0 N–H and O–H groups in total. The van der Waals surface area contributed by atoms with E-state index < -0.39 is 5.91 Å². The Hall–Kier alpha value is -4.11. The highest BCUT2D eigenvalue weighted by Gasteiger charge is 2.24. The molecule has 35 heavy (non-hydrogen) atoms. The summed E-state index contributed by atoms with van der Waals surface area (Å²) >= 11 is 1.38. The summed E-state index contributed by atoms with van der Waals surface area (Å²) < 4.78 is 22.4. The molecule has 0 unspecified atom stereocenters. The maximum Gasteiger partial charge on any atom is 0.281 e. The predicted molar refractivity (Wildman–Crippen MR) is 138 cm³/mol. The van der Waals surface area contributed by atoms with Gasteiger partial charge in [0.25, 0.3) is 5.91 Å². The van der Waals surface area contributed by atoms with Crippen LogP contribution < -0.4 is 24.0 Å². The van der Waals surface area contributed by atoms with Crippen molar-refractivity contribution in [3.8, 4) is 23.0 Å². The number of aryl methyl sites for hydroxylation is 1. The van der Waals surface area contributed by atoms with Crippen LogP contribution in [0.2, 0.25) is 0 Å². The minimum atomic E-state index is -0.398. The monoisotopic (exact) mass is 491 g/mol. The fourth-order valence-corrected chi connectivity index (χ4v) is 4.46. The number of fused-ring (bicyclic) bond motifs is 1. The Kier molecular flexibility index (Phi) is 7.17. The Morgan fingerprint density at radius 2 is 1.60 bits per heavy atom. The average molecular weight is 492 g/mol. The molecule has 0 aliphatic carbocycles. The summed E-state index contributed by atoms with van der Waals surface area (Å²) in [5, 5.41) is 6.24. The third-order valence-electron chi connectivity index (χ3n) is 5.26. The number of thiazole rings is 1. The summed E-state index contributed by atoms with van der Waals surface area (Å²) in [6, 6.07) is 16.5. The molecule has 0 spiro atoms. The van der Waals surface area contributed by atoms with Crippen molar-refractivity contribution in [2.75, 3.05) is 33.4 Å². The molecule has 3 aromatic carbocycles. The number of nitrogens with zero attached hydrogens (tertiary/aromatic N) is 3. The lowest BCUT2D eigenvalue weighted by atomic mass is 10.1. The predicted octanol–water partition coefficient (Wildman–Crippen LogP) is 5.32. The number of aromatic nitrogens is 1. The zero-order valence-electron chi connectivity index (χ0n) is 20.1. The lowest BCUT2D eigenvalue weighted by molar-refractivity contribution is 0.0987. The van der Waals surface area contributed by atoms with Crippen LogP contribution in [0.25, 0.3) is 10.2 Å². The molecule has 1 aromatic heterocycles. The van der Waals surface area contributed by atoms with E-state index in [0.717, 1.165) is 27.1 Å².